The van der Waals surface area contributed by atoms with Gasteiger partial charge in [-0.25, -0.2) is 0 Å². The Morgan fingerprint density at radius 3 is 1.02 bits per heavy atom. The lowest BCUT2D eigenvalue weighted by Gasteiger charge is -2.04. The van der Waals surface area contributed by atoms with E-state index in [0.29, 0.717) is 0 Å². The Bertz CT molecular complexity index is 1810. The molecule has 0 saturated carbocycles. The Morgan fingerprint density at radius 1 is 0.327 bits per heavy atom. The normalized spacial score (nSPS) is 11.4. The zero-order valence-corrected chi connectivity index (χ0v) is 38.8. The number of rotatable bonds is 26. The van der Waals surface area contributed by atoms with Crippen LogP contribution in [0.4, 0.5) is 0 Å². The first-order valence-corrected chi connectivity index (χ1v) is 26.4. The Balaban J connectivity index is 1.23. The van der Waals surface area contributed by atoms with Crippen molar-refractivity contribution in [2.24, 2.45) is 0 Å². The largest absolute Gasteiger partial charge is 0.133 e. The van der Waals surface area contributed by atoms with Gasteiger partial charge in [0.25, 0.3) is 0 Å². The van der Waals surface area contributed by atoms with Crippen LogP contribution in [0.5, 0.6) is 0 Å². The summed E-state index contributed by atoms with van der Waals surface area (Å²) < 4.78 is 5.54. The van der Waals surface area contributed by atoms with E-state index in [-0.39, 0.29) is 0 Å². The van der Waals surface area contributed by atoms with Crippen LogP contribution in [-0.2, 0) is 25.7 Å². The van der Waals surface area contributed by atoms with Gasteiger partial charge in [-0.15, -0.1) is 56.7 Å². The lowest BCUT2D eigenvalue weighted by Crippen LogP contribution is -1.91. The number of unbranched alkanes of at least 4 members (excludes halogenated alkanes) is 18. The molecule has 0 amide bonds. The molecule has 0 aliphatic rings. The third-order valence-corrected chi connectivity index (χ3v) is 16.8. The van der Waals surface area contributed by atoms with E-state index in [1.54, 1.807) is 20.9 Å². The van der Waals surface area contributed by atoms with E-state index in [0.717, 1.165) is 0 Å². The molecular weight excluding hydrogens is 761 g/mol. The predicted molar refractivity (Wildman–Crippen MR) is 255 cm³/mol. The van der Waals surface area contributed by atoms with Gasteiger partial charge in [0.2, 0.25) is 0 Å². The predicted octanol–water partition coefficient (Wildman–Crippen LogP) is 17.9. The van der Waals surface area contributed by atoms with Gasteiger partial charge < -0.3 is 0 Å². The van der Waals surface area contributed by atoms with Crippen LogP contribution in [0.25, 0.3) is 18.8 Å². The molecule has 5 aromatic rings. The molecule has 0 unspecified atom stereocenters. The van der Waals surface area contributed by atoms with E-state index in [4.69, 9.17) is 0 Å². The van der Waals surface area contributed by atoms with Crippen LogP contribution in [0, 0.1) is 23.7 Å². The second-order valence-electron chi connectivity index (χ2n) is 15.7. The van der Waals surface area contributed by atoms with E-state index in [1.807, 2.05) is 56.7 Å². The highest BCUT2D eigenvalue weighted by Crippen LogP contribution is 2.43. The van der Waals surface area contributed by atoms with Crippen molar-refractivity contribution in [3.05, 3.63) is 64.7 Å². The van der Waals surface area contributed by atoms with Gasteiger partial charge in [-0.05, 0) is 110 Å². The summed E-state index contributed by atoms with van der Waals surface area (Å²) in [4.78, 5) is 8.09. The molecule has 0 aliphatic heterocycles. The maximum absolute atomic E-state index is 3.61. The fraction of sp³-hybridized carbons (Fsp3) is 0.600. The lowest BCUT2D eigenvalue weighted by molar-refractivity contribution is 0.589. The quantitative estimate of drug-likeness (QED) is 0.0385. The molecule has 298 valence electrons. The smallest absolute Gasteiger partial charge is 0.0794 e. The molecule has 5 aromatic heterocycles. The number of thiophene rings is 5. The van der Waals surface area contributed by atoms with Gasteiger partial charge in [-0.1, -0.05) is 143 Å². The highest BCUT2D eigenvalue weighted by Gasteiger charge is 2.14. The third-order valence-electron chi connectivity index (χ3n) is 10.8. The molecule has 0 atom stereocenters. The van der Waals surface area contributed by atoms with E-state index < -0.39 is 0 Å². The Labute approximate surface area is 356 Å². The van der Waals surface area contributed by atoms with Crippen molar-refractivity contribution in [3.63, 3.8) is 0 Å². The summed E-state index contributed by atoms with van der Waals surface area (Å²) in [6, 6.07) is 9.52. The molecule has 0 saturated heterocycles. The van der Waals surface area contributed by atoms with Crippen molar-refractivity contribution in [3.8, 4) is 23.7 Å². The van der Waals surface area contributed by atoms with Crippen molar-refractivity contribution in [2.45, 2.75) is 195 Å². The number of hydrogen-bond donors (Lipinski definition) is 0. The number of aryl methyl sites for hydroxylation is 4. The molecule has 0 nitrogen and oxygen atoms in total. The standard InChI is InChI=1S/C50H68S5/c1-5-9-13-17-19-21-25-29-45-39(27-23-15-11-7-3)35-41(51-45)31-33-43-37-47-49(53-43)50-48(55-47)38-44(54-50)34-32-42-36-40(28-24-16-12-8-4)46(52-42)30-26-22-20-18-14-10-6-2/h35-38H,5-30H2,1-4H3. The molecule has 0 radical (unpaired) electrons. The van der Waals surface area contributed by atoms with Gasteiger partial charge in [0.05, 0.1) is 28.9 Å². The summed E-state index contributed by atoms with van der Waals surface area (Å²) in [5, 5.41) is 0. The van der Waals surface area contributed by atoms with E-state index in [1.165, 1.54) is 205 Å². The van der Waals surface area contributed by atoms with Crippen LogP contribution >= 0.6 is 56.7 Å². The van der Waals surface area contributed by atoms with Crippen molar-refractivity contribution in [1.82, 2.24) is 0 Å². The summed E-state index contributed by atoms with van der Waals surface area (Å²) >= 11 is 9.59. The molecule has 0 N–H and O–H groups in total. The van der Waals surface area contributed by atoms with E-state index in [9.17, 15) is 0 Å². The van der Waals surface area contributed by atoms with Crippen LogP contribution in [0.1, 0.15) is 209 Å². The molecule has 0 aliphatic carbocycles. The average molecular weight is 829 g/mol. The fourth-order valence-corrected chi connectivity index (χ4v) is 13.5. The van der Waals surface area contributed by atoms with Gasteiger partial charge in [0, 0.05) is 19.2 Å². The first kappa shape index (κ1) is 44.2. The van der Waals surface area contributed by atoms with Crippen LogP contribution in [0.3, 0.4) is 0 Å². The first-order chi connectivity index (χ1) is 27.1. The van der Waals surface area contributed by atoms with Gasteiger partial charge in [-0.3, -0.25) is 0 Å². The molecule has 5 heteroatoms. The molecule has 55 heavy (non-hydrogen) atoms. The van der Waals surface area contributed by atoms with Crippen LogP contribution in [0.15, 0.2) is 24.3 Å². The second kappa shape index (κ2) is 25.5. The monoisotopic (exact) mass is 828 g/mol. The molecule has 0 bridgehead atoms. The molecule has 0 fully saturated rings. The zero-order valence-electron chi connectivity index (χ0n) is 34.7. The van der Waals surface area contributed by atoms with Gasteiger partial charge in [-0.2, -0.15) is 0 Å². The van der Waals surface area contributed by atoms with Crippen molar-refractivity contribution >= 4 is 75.5 Å². The fourth-order valence-electron chi connectivity index (χ4n) is 7.58. The van der Waals surface area contributed by atoms with Gasteiger partial charge >= 0.3 is 0 Å². The molecule has 0 spiro atoms. The summed E-state index contributed by atoms with van der Waals surface area (Å²) in [6.45, 7) is 9.22. The van der Waals surface area contributed by atoms with Crippen LogP contribution in [0.2, 0.25) is 0 Å². The third kappa shape index (κ3) is 14.8. The number of hydrogen-bond acceptors (Lipinski definition) is 5. The highest BCUT2D eigenvalue weighted by atomic mass is 32.1. The van der Waals surface area contributed by atoms with Crippen molar-refractivity contribution in [2.75, 3.05) is 0 Å². The Morgan fingerprint density at radius 2 is 0.636 bits per heavy atom. The topological polar surface area (TPSA) is 0 Å². The summed E-state index contributed by atoms with van der Waals surface area (Å²) in [5.74, 6) is 14.4. The Hall–Kier alpha value is -1.86. The molecular formula is C50H68S5. The summed E-state index contributed by atoms with van der Waals surface area (Å²) in [6.07, 6.45) is 34.7. The van der Waals surface area contributed by atoms with Crippen molar-refractivity contribution < 1.29 is 0 Å². The summed E-state index contributed by atoms with van der Waals surface area (Å²) in [5.41, 5.74) is 3.15. The van der Waals surface area contributed by atoms with Crippen LogP contribution in [-0.4, -0.2) is 0 Å². The first-order valence-electron chi connectivity index (χ1n) is 22.3. The van der Waals surface area contributed by atoms with Gasteiger partial charge in [0.1, 0.15) is 0 Å². The minimum Gasteiger partial charge on any atom is -0.133 e. The maximum atomic E-state index is 3.61. The SMILES string of the molecule is CCCCCCCCCc1sc(C#Cc2cc3sc4cc(C#Cc5cc(CCCCCC)c(CCCCCCCCC)s5)sc4c3s2)cc1CCCCCC. The molecule has 5 rings (SSSR count). The lowest BCUT2D eigenvalue weighted by atomic mass is 10.0. The number of fused-ring (bicyclic) bond motifs is 3. The Kier molecular flexibility index (Phi) is 20.5. The minimum absolute atomic E-state index is 1.19. The minimum atomic E-state index is 1.19. The molecule has 5 heterocycles. The highest BCUT2D eigenvalue weighted by molar-refractivity contribution is 7.38. The van der Waals surface area contributed by atoms with Gasteiger partial charge in [0.15, 0.2) is 0 Å². The second-order valence-corrected chi connectivity index (χ2v) is 21.2. The zero-order chi connectivity index (χ0) is 38.5. The van der Waals surface area contributed by atoms with Crippen LogP contribution < -0.4 is 0 Å². The summed E-state index contributed by atoms with van der Waals surface area (Å²) in [7, 11) is 0. The molecule has 0 aromatic carbocycles. The van der Waals surface area contributed by atoms with Crippen molar-refractivity contribution in [1.29, 1.82) is 0 Å². The maximum Gasteiger partial charge on any atom is 0.0794 e. The van der Waals surface area contributed by atoms with E-state index in [2.05, 4.69) is 75.6 Å². The van der Waals surface area contributed by atoms with E-state index >= 15 is 0 Å². The average Bonchev–Trinajstić information content (AvgIpc) is 4.01.